The van der Waals surface area contributed by atoms with Gasteiger partial charge >= 0.3 is 5.97 Å². The molecule has 0 aliphatic heterocycles. The van der Waals surface area contributed by atoms with E-state index in [4.69, 9.17) is 19.5 Å². The van der Waals surface area contributed by atoms with Crippen molar-refractivity contribution in [2.45, 2.75) is 6.92 Å². The van der Waals surface area contributed by atoms with Crippen LogP contribution in [-0.2, 0) is 9.47 Å². The van der Waals surface area contributed by atoms with Crippen LogP contribution in [0.1, 0.15) is 21.5 Å². The highest BCUT2D eigenvalue weighted by Gasteiger charge is 2.17. The molecular formula is C13H15NO4. The minimum atomic E-state index is -0.524. The van der Waals surface area contributed by atoms with Crippen LogP contribution in [0.15, 0.2) is 12.1 Å². The van der Waals surface area contributed by atoms with Gasteiger partial charge in [-0.1, -0.05) is 0 Å². The second kappa shape index (κ2) is 6.62. The first-order chi connectivity index (χ1) is 8.63. The summed E-state index contributed by atoms with van der Waals surface area (Å²) in [4.78, 5) is 11.9. The first-order valence-electron chi connectivity index (χ1n) is 5.38. The number of rotatable bonds is 5. The molecule has 0 amide bonds. The highest BCUT2D eigenvalue weighted by atomic mass is 16.6. The van der Waals surface area contributed by atoms with Gasteiger partial charge < -0.3 is 14.2 Å². The molecule has 0 bridgehead atoms. The first kappa shape index (κ1) is 14.0. The zero-order valence-electron chi connectivity index (χ0n) is 10.6. The summed E-state index contributed by atoms with van der Waals surface area (Å²) in [5, 5.41) is 8.88. The average molecular weight is 249 g/mol. The molecule has 0 fully saturated rings. The highest BCUT2D eigenvalue weighted by Crippen LogP contribution is 2.25. The van der Waals surface area contributed by atoms with Crippen molar-refractivity contribution >= 4 is 5.97 Å². The number of hydrogen-bond acceptors (Lipinski definition) is 5. The third-order valence-electron chi connectivity index (χ3n) is 2.35. The highest BCUT2D eigenvalue weighted by molar-refractivity contribution is 5.93. The number of aryl methyl sites for hydroxylation is 1. The Morgan fingerprint density at radius 3 is 2.61 bits per heavy atom. The number of carbonyl (C=O) groups is 1. The average Bonchev–Trinajstić information content (AvgIpc) is 2.37. The summed E-state index contributed by atoms with van der Waals surface area (Å²) in [7, 11) is 3.00. The molecule has 5 heteroatoms. The molecule has 0 heterocycles. The summed E-state index contributed by atoms with van der Waals surface area (Å²) in [5.41, 5.74) is 1.37. The molecule has 1 rings (SSSR count). The number of methoxy groups -OCH3 is 2. The molecule has 96 valence electrons. The largest absolute Gasteiger partial charge is 0.496 e. The van der Waals surface area contributed by atoms with Crippen molar-refractivity contribution in [3.63, 3.8) is 0 Å². The van der Waals surface area contributed by atoms with Gasteiger partial charge in [0, 0.05) is 7.11 Å². The minimum Gasteiger partial charge on any atom is -0.496 e. The Hall–Kier alpha value is -2.06. The molecule has 0 unspecified atom stereocenters. The normalized spacial score (nSPS) is 9.67. The maximum absolute atomic E-state index is 11.9. The fourth-order valence-electron chi connectivity index (χ4n) is 1.56. The lowest BCUT2D eigenvalue weighted by Crippen LogP contribution is -2.12. The van der Waals surface area contributed by atoms with E-state index in [1.807, 2.05) is 6.07 Å². The van der Waals surface area contributed by atoms with Crippen LogP contribution in [0.3, 0.4) is 0 Å². The zero-order chi connectivity index (χ0) is 13.5. The second-order valence-electron chi connectivity index (χ2n) is 3.61. The van der Waals surface area contributed by atoms with Crippen molar-refractivity contribution in [1.82, 2.24) is 0 Å². The summed E-state index contributed by atoms with van der Waals surface area (Å²) < 4.78 is 15.0. The third kappa shape index (κ3) is 3.22. The van der Waals surface area contributed by atoms with Crippen LogP contribution >= 0.6 is 0 Å². The van der Waals surface area contributed by atoms with E-state index < -0.39 is 5.97 Å². The predicted molar refractivity (Wildman–Crippen MR) is 64.6 cm³/mol. The Bertz CT molecular complexity index is 477. The maximum atomic E-state index is 11.9. The number of benzene rings is 1. The van der Waals surface area contributed by atoms with E-state index in [1.165, 1.54) is 20.3 Å². The van der Waals surface area contributed by atoms with E-state index in [-0.39, 0.29) is 12.2 Å². The molecule has 18 heavy (non-hydrogen) atoms. The molecule has 0 aliphatic rings. The molecule has 0 aliphatic carbocycles. The molecule has 0 aromatic heterocycles. The molecule has 0 N–H and O–H groups in total. The Balaban J connectivity index is 3.02. The van der Waals surface area contributed by atoms with Gasteiger partial charge in [0.2, 0.25) is 0 Å². The standard InChI is InChI=1S/C13H15NO4/c1-9-6-10(8-14)7-11(12(9)17-3)13(15)18-5-4-16-2/h6-7H,4-5H2,1-3H3. The quantitative estimate of drug-likeness (QED) is 0.586. The molecule has 0 atom stereocenters. The van der Waals surface area contributed by atoms with Gasteiger partial charge in [0.1, 0.15) is 17.9 Å². The van der Waals surface area contributed by atoms with Crippen LogP contribution in [0.2, 0.25) is 0 Å². The van der Waals surface area contributed by atoms with E-state index in [9.17, 15) is 4.79 Å². The molecule has 0 spiro atoms. The minimum absolute atomic E-state index is 0.161. The van der Waals surface area contributed by atoms with E-state index in [0.717, 1.165) is 5.56 Å². The zero-order valence-corrected chi connectivity index (χ0v) is 10.6. The van der Waals surface area contributed by atoms with Gasteiger partial charge in [-0.25, -0.2) is 4.79 Å². The van der Waals surface area contributed by atoms with Crippen molar-refractivity contribution in [3.8, 4) is 11.8 Å². The van der Waals surface area contributed by atoms with Crippen LogP contribution in [0, 0.1) is 18.3 Å². The molecule has 0 saturated carbocycles. The van der Waals surface area contributed by atoms with Gasteiger partial charge in [-0.3, -0.25) is 0 Å². The fourth-order valence-corrected chi connectivity index (χ4v) is 1.56. The monoisotopic (exact) mass is 249 g/mol. The van der Waals surface area contributed by atoms with Crippen molar-refractivity contribution in [1.29, 1.82) is 5.26 Å². The van der Waals surface area contributed by atoms with Crippen molar-refractivity contribution in [3.05, 3.63) is 28.8 Å². The number of esters is 1. The Labute approximate surface area is 106 Å². The van der Waals surface area contributed by atoms with Crippen LogP contribution < -0.4 is 4.74 Å². The van der Waals surface area contributed by atoms with Crippen LogP contribution in [-0.4, -0.2) is 33.4 Å². The summed E-state index contributed by atoms with van der Waals surface area (Å²) in [5.74, 6) is -0.0967. The second-order valence-corrected chi connectivity index (χ2v) is 3.61. The molecule has 1 aromatic carbocycles. The fraction of sp³-hybridized carbons (Fsp3) is 0.385. The number of hydrogen-bond donors (Lipinski definition) is 0. The molecule has 0 radical (unpaired) electrons. The van der Waals surface area contributed by atoms with E-state index in [1.54, 1.807) is 13.0 Å². The Morgan fingerprint density at radius 1 is 1.33 bits per heavy atom. The predicted octanol–water partition coefficient (Wildman–Crippen LogP) is 1.68. The first-order valence-corrected chi connectivity index (χ1v) is 5.38. The van der Waals surface area contributed by atoms with Gasteiger partial charge in [-0.05, 0) is 24.6 Å². The van der Waals surface area contributed by atoms with Gasteiger partial charge in [0.05, 0.1) is 25.3 Å². The lowest BCUT2D eigenvalue weighted by atomic mass is 10.1. The molecule has 1 aromatic rings. The van der Waals surface area contributed by atoms with Crippen LogP contribution in [0.25, 0.3) is 0 Å². The van der Waals surface area contributed by atoms with Crippen LogP contribution in [0.4, 0.5) is 0 Å². The Kier molecular flexibility index (Phi) is 5.15. The number of ether oxygens (including phenoxy) is 3. The van der Waals surface area contributed by atoms with Gasteiger partial charge in [0.15, 0.2) is 0 Å². The summed E-state index contributed by atoms with van der Waals surface area (Å²) >= 11 is 0. The topological polar surface area (TPSA) is 68.5 Å². The molecule has 0 saturated heterocycles. The summed E-state index contributed by atoms with van der Waals surface area (Å²) in [6.07, 6.45) is 0. The molecular weight excluding hydrogens is 234 g/mol. The van der Waals surface area contributed by atoms with Crippen molar-refractivity contribution in [2.24, 2.45) is 0 Å². The lowest BCUT2D eigenvalue weighted by Gasteiger charge is -2.11. The van der Waals surface area contributed by atoms with Crippen molar-refractivity contribution < 1.29 is 19.0 Å². The van der Waals surface area contributed by atoms with Crippen molar-refractivity contribution in [2.75, 3.05) is 27.4 Å². The summed E-state index contributed by atoms with van der Waals surface area (Å²) in [6, 6.07) is 5.11. The number of nitriles is 1. The van der Waals surface area contributed by atoms with E-state index >= 15 is 0 Å². The van der Waals surface area contributed by atoms with Gasteiger partial charge in [-0.15, -0.1) is 0 Å². The number of nitrogens with zero attached hydrogens (tertiary/aromatic N) is 1. The molecule has 5 nitrogen and oxygen atoms in total. The smallest absolute Gasteiger partial charge is 0.342 e. The van der Waals surface area contributed by atoms with Gasteiger partial charge in [-0.2, -0.15) is 5.26 Å². The van der Waals surface area contributed by atoms with E-state index in [0.29, 0.717) is 17.9 Å². The SMILES string of the molecule is COCCOC(=O)c1cc(C#N)cc(C)c1OC. The van der Waals surface area contributed by atoms with Crippen LogP contribution in [0.5, 0.6) is 5.75 Å². The maximum Gasteiger partial charge on any atom is 0.342 e. The van der Waals surface area contributed by atoms with E-state index in [2.05, 4.69) is 0 Å². The third-order valence-corrected chi connectivity index (χ3v) is 2.35. The van der Waals surface area contributed by atoms with Gasteiger partial charge in [0.25, 0.3) is 0 Å². The Morgan fingerprint density at radius 2 is 2.06 bits per heavy atom. The summed E-state index contributed by atoms with van der Waals surface area (Å²) in [6.45, 7) is 2.25. The number of carbonyl (C=O) groups excluding carboxylic acids is 1. The lowest BCUT2D eigenvalue weighted by molar-refractivity contribution is 0.0384.